The van der Waals surface area contributed by atoms with Gasteiger partial charge in [0, 0.05) is 25.7 Å². The first kappa shape index (κ1) is 75.1. The lowest BCUT2D eigenvalue weighted by atomic mass is 10.0. The first-order chi connectivity index (χ1) is 37.2. The molecule has 0 aromatic rings. The molecule has 0 amide bonds. The van der Waals surface area contributed by atoms with E-state index in [4.69, 9.17) is 37.0 Å². The molecule has 3 N–H and O–H groups in total. The minimum Gasteiger partial charge on any atom is -0.462 e. The fourth-order valence-electron chi connectivity index (χ4n) is 8.57. The second kappa shape index (κ2) is 53.4. The molecule has 0 saturated heterocycles. The summed E-state index contributed by atoms with van der Waals surface area (Å²) in [6, 6.07) is 0. The van der Waals surface area contributed by atoms with E-state index in [0.717, 1.165) is 83.5 Å². The number of phosphoric ester groups is 2. The van der Waals surface area contributed by atoms with Crippen LogP contribution in [0, 0.1) is 0 Å². The highest BCUT2D eigenvalue weighted by Crippen LogP contribution is 2.45. The van der Waals surface area contributed by atoms with E-state index in [1.807, 2.05) is 6.92 Å². The van der Waals surface area contributed by atoms with Gasteiger partial charge in [0.25, 0.3) is 0 Å². The Morgan fingerprint density at radius 3 is 0.805 bits per heavy atom. The van der Waals surface area contributed by atoms with E-state index in [0.29, 0.717) is 25.7 Å². The minimum absolute atomic E-state index is 0.106. The van der Waals surface area contributed by atoms with Crippen molar-refractivity contribution in [3.8, 4) is 0 Å². The third kappa shape index (κ3) is 53.2. The Labute approximate surface area is 467 Å². The normalized spacial score (nSPS) is 14.3. The van der Waals surface area contributed by atoms with E-state index in [1.54, 1.807) is 0 Å². The van der Waals surface area contributed by atoms with E-state index in [9.17, 15) is 43.2 Å². The summed E-state index contributed by atoms with van der Waals surface area (Å²) in [5.74, 6) is -2.18. The van der Waals surface area contributed by atoms with E-state index in [-0.39, 0.29) is 25.7 Å². The zero-order chi connectivity index (χ0) is 56.9. The predicted molar refractivity (Wildman–Crippen MR) is 303 cm³/mol. The van der Waals surface area contributed by atoms with Gasteiger partial charge in [0.05, 0.1) is 26.4 Å². The van der Waals surface area contributed by atoms with Gasteiger partial charge in [-0.3, -0.25) is 37.3 Å². The highest BCUT2D eigenvalue weighted by Gasteiger charge is 2.30. The number of aliphatic hydroxyl groups excluding tert-OH is 1. The number of unbranched alkanes of at least 4 members (excludes halogenated alkanes) is 33. The molecule has 0 aliphatic carbocycles. The van der Waals surface area contributed by atoms with Crippen molar-refractivity contribution in [1.82, 2.24) is 0 Å². The topological polar surface area (TPSA) is 237 Å². The molecule has 77 heavy (non-hydrogen) atoms. The molecule has 0 heterocycles. The molecule has 0 rings (SSSR count). The van der Waals surface area contributed by atoms with Crippen LogP contribution in [0.1, 0.15) is 291 Å². The van der Waals surface area contributed by atoms with Gasteiger partial charge in [0.15, 0.2) is 12.2 Å². The van der Waals surface area contributed by atoms with E-state index in [2.05, 4.69) is 20.8 Å². The molecular weight excluding hydrogens is 1030 g/mol. The van der Waals surface area contributed by atoms with Crippen LogP contribution in [0.5, 0.6) is 0 Å². The number of esters is 4. The van der Waals surface area contributed by atoms with Gasteiger partial charge in [-0.05, 0) is 25.7 Å². The smallest absolute Gasteiger partial charge is 0.462 e. The van der Waals surface area contributed by atoms with Crippen LogP contribution in [0.2, 0.25) is 0 Å². The molecule has 0 saturated carbocycles. The summed E-state index contributed by atoms with van der Waals surface area (Å²) >= 11 is 0. The highest BCUT2D eigenvalue weighted by atomic mass is 31.2. The quantitative estimate of drug-likeness (QED) is 0.0222. The van der Waals surface area contributed by atoms with Crippen LogP contribution in [0.3, 0.4) is 0 Å². The maximum Gasteiger partial charge on any atom is 0.472 e. The third-order valence-corrected chi connectivity index (χ3v) is 15.3. The fraction of sp³-hybridized carbons (Fsp3) is 0.931. The number of hydrogen-bond donors (Lipinski definition) is 3. The number of ether oxygens (including phenoxy) is 4. The Kier molecular flexibility index (Phi) is 52.0. The summed E-state index contributed by atoms with van der Waals surface area (Å²) in [6.07, 6.45) is 37.5. The molecule has 456 valence electrons. The first-order valence-electron chi connectivity index (χ1n) is 30.8. The molecule has 0 spiro atoms. The molecule has 0 aromatic carbocycles. The number of rotatable bonds is 59. The van der Waals surface area contributed by atoms with Crippen molar-refractivity contribution in [2.75, 3.05) is 39.6 Å². The Morgan fingerprint density at radius 1 is 0.312 bits per heavy atom. The lowest BCUT2D eigenvalue weighted by Crippen LogP contribution is -2.30. The number of carbonyl (C=O) groups is 4. The number of aliphatic hydroxyl groups is 1. The molecule has 0 aliphatic heterocycles. The molecule has 5 atom stereocenters. The van der Waals surface area contributed by atoms with Crippen molar-refractivity contribution < 1.29 is 80.2 Å². The van der Waals surface area contributed by atoms with E-state index in [1.165, 1.54) is 128 Å². The highest BCUT2D eigenvalue weighted by molar-refractivity contribution is 7.47. The number of phosphoric acid groups is 2. The summed E-state index contributed by atoms with van der Waals surface area (Å²) in [5, 5.41) is 10.4. The largest absolute Gasteiger partial charge is 0.472 e. The van der Waals surface area contributed by atoms with Crippen LogP contribution in [-0.2, 0) is 65.4 Å². The van der Waals surface area contributed by atoms with Crippen LogP contribution in [0.4, 0.5) is 0 Å². The van der Waals surface area contributed by atoms with Gasteiger partial charge >= 0.3 is 39.5 Å². The summed E-state index contributed by atoms with van der Waals surface area (Å²) in [6.45, 7) is 4.56. The molecule has 19 heteroatoms. The van der Waals surface area contributed by atoms with Crippen molar-refractivity contribution >= 4 is 39.5 Å². The molecule has 0 bridgehead atoms. The Balaban J connectivity index is 4.93. The fourth-order valence-corrected chi connectivity index (χ4v) is 10.2. The average Bonchev–Trinajstić information content (AvgIpc) is 3.40. The van der Waals surface area contributed by atoms with Gasteiger partial charge in [-0.15, -0.1) is 0 Å². The van der Waals surface area contributed by atoms with E-state index < -0.39 is 97.5 Å². The summed E-state index contributed by atoms with van der Waals surface area (Å²) < 4.78 is 67.1. The summed E-state index contributed by atoms with van der Waals surface area (Å²) in [7, 11) is -9.85. The maximum absolute atomic E-state index is 12.8. The van der Waals surface area contributed by atoms with Gasteiger partial charge in [-0.2, -0.15) is 0 Å². The lowest BCUT2D eigenvalue weighted by Gasteiger charge is -2.21. The molecule has 0 fully saturated rings. The molecular formula is C58H112O17P2. The average molecular weight is 1140 g/mol. The van der Waals surface area contributed by atoms with E-state index >= 15 is 0 Å². The lowest BCUT2D eigenvalue weighted by molar-refractivity contribution is -0.161. The second-order valence-corrected chi connectivity index (χ2v) is 23.9. The van der Waals surface area contributed by atoms with Crippen molar-refractivity contribution in [1.29, 1.82) is 0 Å². The Morgan fingerprint density at radius 2 is 0.519 bits per heavy atom. The maximum atomic E-state index is 12.8. The second-order valence-electron chi connectivity index (χ2n) is 21.0. The Hall–Kier alpha value is -1.94. The SMILES string of the molecule is CCCCCCCCCCCCCCCCCC(=O)O[C@H](COC(=O)CCCCC)COP(=O)(O)OC[C@@H](O)COP(=O)(O)OC[C@@H](COC(=O)CCCCCC)OC(=O)CCCCCCCCCCCCCCCCC. The van der Waals surface area contributed by atoms with Crippen molar-refractivity contribution in [2.24, 2.45) is 0 Å². The Bertz CT molecular complexity index is 1500. The summed E-state index contributed by atoms with van der Waals surface area (Å²) in [5.41, 5.74) is 0. The predicted octanol–water partition coefficient (Wildman–Crippen LogP) is 15.6. The van der Waals surface area contributed by atoms with Crippen LogP contribution in [0.15, 0.2) is 0 Å². The minimum atomic E-state index is -4.92. The van der Waals surface area contributed by atoms with Gasteiger partial charge in [0.2, 0.25) is 0 Å². The zero-order valence-corrected chi connectivity index (χ0v) is 50.7. The first-order valence-corrected chi connectivity index (χ1v) is 33.8. The monoisotopic (exact) mass is 1140 g/mol. The number of hydrogen-bond acceptors (Lipinski definition) is 15. The summed E-state index contributed by atoms with van der Waals surface area (Å²) in [4.78, 5) is 71.1. The van der Waals surface area contributed by atoms with Gasteiger partial charge in [-0.25, -0.2) is 9.13 Å². The standard InChI is InChI=1S/C58H112O17P2/c1-5-9-13-16-18-20-22-24-26-28-30-32-34-36-40-44-57(62)74-53(48-68-55(60)42-38-12-8-4)50-72-76(64,65)70-46-52(59)47-71-77(66,67)73-51-54(49-69-56(61)43-39-15-11-7-3)75-58(63)45-41-37-35-33-31-29-27-25-23-21-19-17-14-10-6-2/h52-54,59H,5-51H2,1-4H3,(H,64,65)(H,66,67)/t52-,53-,54-/m1/s1. The van der Waals surface area contributed by atoms with Gasteiger partial charge < -0.3 is 33.8 Å². The van der Waals surface area contributed by atoms with Gasteiger partial charge in [0.1, 0.15) is 19.3 Å². The van der Waals surface area contributed by atoms with Crippen LogP contribution < -0.4 is 0 Å². The zero-order valence-electron chi connectivity index (χ0n) is 48.9. The molecule has 0 aromatic heterocycles. The molecule has 2 unspecified atom stereocenters. The number of carbonyl (C=O) groups excluding carboxylic acids is 4. The molecule has 0 aliphatic rings. The van der Waals surface area contributed by atoms with Crippen LogP contribution in [0.25, 0.3) is 0 Å². The molecule has 0 radical (unpaired) electrons. The van der Waals surface area contributed by atoms with Crippen molar-refractivity contribution in [3.05, 3.63) is 0 Å². The third-order valence-electron chi connectivity index (χ3n) is 13.4. The van der Waals surface area contributed by atoms with Gasteiger partial charge in [-0.1, -0.05) is 240 Å². The van der Waals surface area contributed by atoms with Crippen molar-refractivity contribution in [2.45, 2.75) is 309 Å². The van der Waals surface area contributed by atoms with Crippen LogP contribution >= 0.6 is 15.6 Å². The molecule has 17 nitrogen and oxygen atoms in total. The van der Waals surface area contributed by atoms with Crippen LogP contribution in [-0.4, -0.2) is 96.7 Å². The van der Waals surface area contributed by atoms with Crippen molar-refractivity contribution in [3.63, 3.8) is 0 Å².